The number of pyridine rings is 1. The third kappa shape index (κ3) is 3.18. The summed E-state index contributed by atoms with van der Waals surface area (Å²) in [5, 5.41) is 2.03. The molecule has 4 nitrogen and oxygen atoms in total. The zero-order chi connectivity index (χ0) is 17.4. The lowest BCUT2D eigenvalue weighted by Gasteiger charge is -2.04. The molecule has 0 saturated carbocycles. The minimum Gasteiger partial charge on any atom is -0.341 e. The van der Waals surface area contributed by atoms with Gasteiger partial charge in [-0.15, -0.1) is 11.3 Å². The molecule has 3 heterocycles. The number of hydrogen-bond donors (Lipinski definition) is 1. The van der Waals surface area contributed by atoms with Crippen LogP contribution in [0.1, 0.15) is 5.69 Å². The van der Waals surface area contributed by atoms with E-state index in [0.717, 1.165) is 38.2 Å². The van der Waals surface area contributed by atoms with Crippen LogP contribution < -0.4 is 0 Å². The van der Waals surface area contributed by atoms with Crippen LogP contribution in [-0.2, 0) is 0 Å². The summed E-state index contributed by atoms with van der Waals surface area (Å²) in [6.07, 6.45) is 5.30. The average molecular weight is 387 g/mol. The van der Waals surface area contributed by atoms with Crippen LogP contribution in [0.5, 0.6) is 0 Å². The molecule has 0 fully saturated rings. The number of aromatic nitrogens is 4. The fraction of sp³-hybridized carbons (Fsp3) is 0.0556. The predicted octanol–water partition coefficient (Wildman–Crippen LogP) is 5.88. The topological polar surface area (TPSA) is 54.5 Å². The minimum absolute atomic E-state index is 0.559. The van der Waals surface area contributed by atoms with Crippen LogP contribution in [0.25, 0.3) is 32.5 Å². The van der Waals surface area contributed by atoms with Gasteiger partial charge in [0.2, 0.25) is 0 Å². The highest BCUT2D eigenvalue weighted by atomic mass is 35.5. The van der Waals surface area contributed by atoms with Crippen LogP contribution in [-0.4, -0.2) is 19.9 Å². The molecule has 124 valence electrons. The number of rotatable bonds is 3. The maximum absolute atomic E-state index is 6.42. The summed E-state index contributed by atoms with van der Waals surface area (Å²) >= 11 is 14.0. The van der Waals surface area contributed by atoms with E-state index in [9.17, 15) is 0 Å². The molecule has 3 aromatic heterocycles. The second kappa shape index (κ2) is 6.59. The number of hydrogen-bond acceptors (Lipinski definition) is 4. The molecule has 0 radical (unpaired) electrons. The lowest BCUT2D eigenvalue weighted by molar-refractivity contribution is 1.26. The minimum atomic E-state index is 0.559. The number of halogens is 2. The number of benzene rings is 1. The highest BCUT2D eigenvalue weighted by molar-refractivity contribution is 7.18. The van der Waals surface area contributed by atoms with Crippen LogP contribution >= 0.6 is 34.5 Å². The molecule has 0 amide bonds. The Labute approximate surface area is 158 Å². The summed E-state index contributed by atoms with van der Waals surface area (Å²) in [6.45, 7) is 1.97. The summed E-state index contributed by atoms with van der Waals surface area (Å²) in [6, 6.07) is 9.29. The Morgan fingerprint density at radius 2 is 1.88 bits per heavy atom. The molecule has 0 saturated heterocycles. The molecule has 0 aliphatic carbocycles. The van der Waals surface area contributed by atoms with E-state index in [1.165, 1.54) is 0 Å². The summed E-state index contributed by atoms with van der Waals surface area (Å²) in [5.41, 5.74) is 3.60. The molecule has 0 atom stereocenters. The van der Waals surface area contributed by atoms with E-state index in [1.54, 1.807) is 36.0 Å². The first-order chi connectivity index (χ1) is 12.1. The molecule has 0 unspecified atom stereocenters. The van der Waals surface area contributed by atoms with Gasteiger partial charge in [0.15, 0.2) is 0 Å². The van der Waals surface area contributed by atoms with Crippen molar-refractivity contribution in [2.75, 3.05) is 0 Å². The fourth-order valence-electron chi connectivity index (χ4n) is 2.49. The van der Waals surface area contributed by atoms with Crippen LogP contribution in [0.15, 0.2) is 48.9 Å². The second-order valence-electron chi connectivity index (χ2n) is 5.47. The van der Waals surface area contributed by atoms with Crippen molar-refractivity contribution in [2.45, 2.75) is 6.92 Å². The van der Waals surface area contributed by atoms with Gasteiger partial charge in [-0.2, -0.15) is 0 Å². The number of H-pyrrole nitrogens is 1. The predicted molar refractivity (Wildman–Crippen MR) is 103 cm³/mol. The first-order valence-corrected chi connectivity index (χ1v) is 9.07. The summed E-state index contributed by atoms with van der Waals surface area (Å²) in [5.74, 6) is 0.774. The van der Waals surface area contributed by atoms with E-state index in [0.29, 0.717) is 10.0 Å². The number of nitrogens with zero attached hydrogens (tertiary/aromatic N) is 3. The second-order valence-corrected chi connectivity index (χ2v) is 7.31. The monoisotopic (exact) mass is 386 g/mol. The molecular weight excluding hydrogens is 375 g/mol. The Balaban J connectivity index is 1.93. The van der Waals surface area contributed by atoms with E-state index < -0.39 is 0 Å². The van der Waals surface area contributed by atoms with Gasteiger partial charge in [-0.1, -0.05) is 23.2 Å². The Morgan fingerprint density at radius 3 is 2.56 bits per heavy atom. The fourth-order valence-corrected chi connectivity index (χ4v) is 4.03. The van der Waals surface area contributed by atoms with Gasteiger partial charge >= 0.3 is 0 Å². The summed E-state index contributed by atoms with van der Waals surface area (Å²) < 4.78 is 0. The van der Waals surface area contributed by atoms with Crippen molar-refractivity contribution in [3.63, 3.8) is 0 Å². The van der Waals surface area contributed by atoms with Crippen LogP contribution in [0.2, 0.25) is 10.0 Å². The molecule has 7 heteroatoms. The Kier molecular flexibility index (Phi) is 4.29. The Morgan fingerprint density at radius 1 is 1.08 bits per heavy atom. The van der Waals surface area contributed by atoms with Gasteiger partial charge in [0.1, 0.15) is 10.8 Å². The van der Waals surface area contributed by atoms with Crippen molar-refractivity contribution < 1.29 is 0 Å². The molecule has 1 aromatic carbocycles. The number of thiazole rings is 1. The smallest absolute Gasteiger partial charge is 0.149 e. The first kappa shape index (κ1) is 16.3. The third-order valence-corrected chi connectivity index (χ3v) is 5.32. The van der Waals surface area contributed by atoms with E-state index in [1.807, 2.05) is 31.2 Å². The number of aryl methyl sites for hydroxylation is 1. The third-order valence-electron chi connectivity index (χ3n) is 3.66. The van der Waals surface area contributed by atoms with E-state index in [2.05, 4.69) is 15.0 Å². The zero-order valence-corrected chi connectivity index (χ0v) is 15.5. The number of imidazole rings is 1. The molecule has 0 aliphatic heterocycles. The highest BCUT2D eigenvalue weighted by Crippen LogP contribution is 2.41. The van der Waals surface area contributed by atoms with Gasteiger partial charge < -0.3 is 4.98 Å². The maximum atomic E-state index is 6.42. The molecule has 0 spiro atoms. The molecule has 4 aromatic rings. The zero-order valence-electron chi connectivity index (χ0n) is 13.1. The van der Waals surface area contributed by atoms with Crippen LogP contribution in [0.3, 0.4) is 0 Å². The summed E-state index contributed by atoms with van der Waals surface area (Å²) in [7, 11) is 0. The van der Waals surface area contributed by atoms with Crippen LogP contribution in [0, 0.1) is 6.92 Å². The largest absolute Gasteiger partial charge is 0.341 e. The lowest BCUT2D eigenvalue weighted by Crippen LogP contribution is -1.86. The number of aromatic amines is 1. The molecule has 0 aliphatic rings. The normalized spacial score (nSPS) is 11.0. The van der Waals surface area contributed by atoms with Crippen molar-refractivity contribution in [2.24, 2.45) is 0 Å². The number of nitrogens with one attached hydrogen (secondary N) is 1. The van der Waals surface area contributed by atoms with E-state index in [4.69, 9.17) is 28.2 Å². The molecule has 4 rings (SSSR count). The molecule has 0 bridgehead atoms. The van der Waals surface area contributed by atoms with Gasteiger partial charge in [-0.3, -0.25) is 4.98 Å². The summed E-state index contributed by atoms with van der Waals surface area (Å²) in [4.78, 5) is 17.6. The van der Waals surface area contributed by atoms with E-state index in [-0.39, 0.29) is 0 Å². The van der Waals surface area contributed by atoms with Crippen LogP contribution in [0.4, 0.5) is 0 Å². The molecule has 1 N–H and O–H groups in total. The van der Waals surface area contributed by atoms with Crippen molar-refractivity contribution >= 4 is 34.5 Å². The van der Waals surface area contributed by atoms with Gasteiger partial charge in [0.05, 0.1) is 15.6 Å². The SMILES string of the molecule is Cc1cnc(-c2sc(-c3ccncc3)nc2-c2ccc(Cl)cc2Cl)[nH]1. The van der Waals surface area contributed by atoms with Gasteiger partial charge in [0, 0.05) is 40.4 Å². The Hall–Kier alpha value is -2.21. The van der Waals surface area contributed by atoms with Gasteiger partial charge in [-0.25, -0.2) is 9.97 Å². The van der Waals surface area contributed by atoms with Crippen molar-refractivity contribution in [3.05, 3.63) is 64.7 Å². The first-order valence-electron chi connectivity index (χ1n) is 7.50. The average Bonchev–Trinajstić information content (AvgIpc) is 3.22. The molecular formula is C18H12Cl2N4S. The van der Waals surface area contributed by atoms with E-state index >= 15 is 0 Å². The van der Waals surface area contributed by atoms with Crippen molar-refractivity contribution in [1.29, 1.82) is 0 Å². The van der Waals surface area contributed by atoms with Crippen molar-refractivity contribution in [1.82, 2.24) is 19.9 Å². The maximum Gasteiger partial charge on any atom is 0.149 e. The standard InChI is InChI=1S/C18H12Cl2N4S/c1-10-9-22-17(23-10)16-15(13-3-2-12(19)8-14(13)20)24-18(25-16)11-4-6-21-7-5-11/h2-9H,1H3,(H,22,23). The van der Waals surface area contributed by atoms with Gasteiger partial charge in [-0.05, 0) is 37.3 Å². The molecule has 25 heavy (non-hydrogen) atoms. The van der Waals surface area contributed by atoms with Gasteiger partial charge in [0.25, 0.3) is 0 Å². The highest BCUT2D eigenvalue weighted by Gasteiger charge is 2.20. The quantitative estimate of drug-likeness (QED) is 0.478. The Bertz CT molecular complexity index is 1040. The lowest BCUT2D eigenvalue weighted by atomic mass is 10.1. The van der Waals surface area contributed by atoms with Crippen molar-refractivity contribution in [3.8, 4) is 32.5 Å².